The highest BCUT2D eigenvalue weighted by Crippen LogP contribution is 2.17. The van der Waals surface area contributed by atoms with Crippen molar-refractivity contribution in [2.75, 3.05) is 11.4 Å². The molecular formula is C16H16BrN3. The summed E-state index contributed by atoms with van der Waals surface area (Å²) in [5.41, 5.74) is 3.29. The second-order valence-corrected chi connectivity index (χ2v) is 5.61. The van der Waals surface area contributed by atoms with Crippen molar-refractivity contribution in [1.82, 2.24) is 9.38 Å². The summed E-state index contributed by atoms with van der Waals surface area (Å²) < 4.78 is 3.11. The first kappa shape index (κ1) is 13.2. The number of fused-ring (bicyclic) bond motifs is 1. The number of benzene rings is 1. The van der Waals surface area contributed by atoms with Crippen LogP contribution in [-0.2, 0) is 6.54 Å². The van der Waals surface area contributed by atoms with Crippen LogP contribution in [0.2, 0.25) is 0 Å². The monoisotopic (exact) mass is 329 g/mol. The number of imidazole rings is 1. The van der Waals surface area contributed by atoms with Gasteiger partial charge in [0.25, 0.3) is 0 Å². The van der Waals surface area contributed by atoms with Gasteiger partial charge in [0.05, 0.1) is 12.2 Å². The first-order valence-corrected chi connectivity index (χ1v) is 7.48. The van der Waals surface area contributed by atoms with Crippen molar-refractivity contribution < 1.29 is 0 Å². The zero-order valence-electron chi connectivity index (χ0n) is 11.3. The van der Waals surface area contributed by atoms with Crippen LogP contribution >= 0.6 is 15.9 Å². The molecule has 0 fully saturated rings. The van der Waals surface area contributed by atoms with Crippen LogP contribution in [0.1, 0.15) is 12.6 Å². The smallest absolute Gasteiger partial charge is 0.137 e. The van der Waals surface area contributed by atoms with Crippen LogP contribution in [0.15, 0.2) is 59.3 Å². The Kier molecular flexibility index (Phi) is 3.74. The predicted molar refractivity (Wildman–Crippen MR) is 86.1 cm³/mol. The molecule has 3 rings (SSSR count). The molecule has 0 spiro atoms. The lowest BCUT2D eigenvalue weighted by atomic mass is 10.2. The van der Waals surface area contributed by atoms with Gasteiger partial charge in [-0.25, -0.2) is 4.98 Å². The van der Waals surface area contributed by atoms with Gasteiger partial charge < -0.3 is 9.30 Å². The molecule has 3 nitrogen and oxygen atoms in total. The van der Waals surface area contributed by atoms with Crippen molar-refractivity contribution in [3.8, 4) is 0 Å². The number of pyridine rings is 1. The normalized spacial score (nSPS) is 10.9. The van der Waals surface area contributed by atoms with E-state index in [-0.39, 0.29) is 0 Å². The van der Waals surface area contributed by atoms with Gasteiger partial charge in [0.1, 0.15) is 5.65 Å². The number of nitrogens with zero attached hydrogens (tertiary/aromatic N) is 3. The van der Waals surface area contributed by atoms with Crippen molar-refractivity contribution in [3.63, 3.8) is 0 Å². The summed E-state index contributed by atoms with van der Waals surface area (Å²) in [4.78, 5) is 6.98. The van der Waals surface area contributed by atoms with Gasteiger partial charge in [-0.3, -0.25) is 0 Å². The summed E-state index contributed by atoms with van der Waals surface area (Å²) in [5, 5.41) is 0. The second-order valence-electron chi connectivity index (χ2n) is 4.69. The molecular weight excluding hydrogens is 314 g/mol. The maximum atomic E-state index is 4.67. The molecule has 0 saturated carbocycles. The second kappa shape index (κ2) is 5.67. The molecule has 102 valence electrons. The largest absolute Gasteiger partial charge is 0.366 e. The summed E-state index contributed by atoms with van der Waals surface area (Å²) in [5.74, 6) is 0. The highest BCUT2D eigenvalue weighted by Gasteiger charge is 2.08. The third kappa shape index (κ3) is 2.70. The van der Waals surface area contributed by atoms with E-state index in [2.05, 4.69) is 67.6 Å². The van der Waals surface area contributed by atoms with E-state index in [1.165, 1.54) is 5.69 Å². The molecule has 0 aliphatic heterocycles. The van der Waals surface area contributed by atoms with E-state index in [0.29, 0.717) is 0 Å². The van der Waals surface area contributed by atoms with Gasteiger partial charge in [-0.05, 0) is 47.1 Å². The molecule has 0 saturated heterocycles. The average Bonchev–Trinajstić information content (AvgIpc) is 2.87. The molecule has 2 heterocycles. The SMILES string of the molecule is CCN(Cc1cn2cc(Br)ccc2n1)c1ccccc1. The number of halogens is 1. The number of para-hydroxylation sites is 1. The minimum absolute atomic E-state index is 0.819. The Labute approximate surface area is 127 Å². The first-order chi connectivity index (χ1) is 9.76. The molecule has 0 aliphatic rings. The standard InChI is InChI=1S/C16H16BrN3/c1-2-19(15-6-4-3-5-7-15)11-14-12-20-10-13(17)8-9-16(20)18-14/h3-10,12H,2,11H2,1H3. The van der Waals surface area contributed by atoms with Crippen LogP contribution in [0.3, 0.4) is 0 Å². The van der Waals surface area contributed by atoms with Gasteiger partial charge in [-0.2, -0.15) is 0 Å². The van der Waals surface area contributed by atoms with Crippen molar-refractivity contribution in [2.45, 2.75) is 13.5 Å². The Balaban J connectivity index is 1.87. The van der Waals surface area contributed by atoms with E-state index < -0.39 is 0 Å². The van der Waals surface area contributed by atoms with Gasteiger partial charge in [-0.15, -0.1) is 0 Å². The van der Waals surface area contributed by atoms with E-state index >= 15 is 0 Å². The lowest BCUT2D eigenvalue weighted by Gasteiger charge is -2.21. The molecule has 0 aliphatic carbocycles. The molecule has 0 N–H and O–H groups in total. The summed E-state index contributed by atoms with van der Waals surface area (Å²) in [6.45, 7) is 3.95. The van der Waals surface area contributed by atoms with Gasteiger partial charge in [0.2, 0.25) is 0 Å². The number of hydrogen-bond donors (Lipinski definition) is 0. The zero-order valence-corrected chi connectivity index (χ0v) is 12.9. The van der Waals surface area contributed by atoms with E-state index in [1.54, 1.807) is 0 Å². The van der Waals surface area contributed by atoms with Crippen LogP contribution < -0.4 is 4.90 Å². The number of aromatic nitrogens is 2. The summed E-state index contributed by atoms with van der Waals surface area (Å²) in [7, 11) is 0. The van der Waals surface area contributed by atoms with Gasteiger partial charge >= 0.3 is 0 Å². The fourth-order valence-electron chi connectivity index (χ4n) is 2.31. The molecule has 0 radical (unpaired) electrons. The minimum Gasteiger partial charge on any atom is -0.366 e. The highest BCUT2D eigenvalue weighted by atomic mass is 79.9. The van der Waals surface area contributed by atoms with Crippen molar-refractivity contribution in [3.05, 3.63) is 65.0 Å². The maximum absolute atomic E-state index is 4.67. The Morgan fingerprint density at radius 1 is 1.10 bits per heavy atom. The molecule has 20 heavy (non-hydrogen) atoms. The Hall–Kier alpha value is -1.81. The summed E-state index contributed by atoms with van der Waals surface area (Å²) in [6.07, 6.45) is 4.12. The highest BCUT2D eigenvalue weighted by molar-refractivity contribution is 9.10. The third-order valence-electron chi connectivity index (χ3n) is 3.32. The van der Waals surface area contributed by atoms with Crippen molar-refractivity contribution in [1.29, 1.82) is 0 Å². The lowest BCUT2D eigenvalue weighted by molar-refractivity contribution is 0.815. The number of anilines is 1. The number of rotatable bonds is 4. The summed E-state index contributed by atoms with van der Waals surface area (Å²) >= 11 is 3.48. The van der Waals surface area contributed by atoms with Gasteiger partial charge in [0.15, 0.2) is 0 Å². The van der Waals surface area contributed by atoms with E-state index in [9.17, 15) is 0 Å². The van der Waals surface area contributed by atoms with E-state index in [4.69, 9.17) is 0 Å². The predicted octanol–water partition coefficient (Wildman–Crippen LogP) is 4.12. The van der Waals surface area contributed by atoms with E-state index in [1.807, 2.05) is 24.4 Å². The molecule has 2 aromatic heterocycles. The Morgan fingerprint density at radius 3 is 2.65 bits per heavy atom. The fraction of sp³-hybridized carbons (Fsp3) is 0.188. The van der Waals surface area contributed by atoms with Gasteiger partial charge in [-0.1, -0.05) is 18.2 Å². The molecule has 3 aromatic rings. The van der Waals surface area contributed by atoms with Crippen LogP contribution in [0.5, 0.6) is 0 Å². The van der Waals surface area contributed by atoms with Crippen LogP contribution in [0.4, 0.5) is 5.69 Å². The molecule has 0 unspecified atom stereocenters. The first-order valence-electron chi connectivity index (χ1n) is 6.69. The van der Waals surface area contributed by atoms with Crippen LogP contribution in [0.25, 0.3) is 5.65 Å². The third-order valence-corrected chi connectivity index (χ3v) is 3.79. The fourth-order valence-corrected chi connectivity index (χ4v) is 2.67. The molecule has 1 aromatic carbocycles. The average molecular weight is 330 g/mol. The maximum Gasteiger partial charge on any atom is 0.137 e. The number of hydrogen-bond acceptors (Lipinski definition) is 2. The van der Waals surface area contributed by atoms with Crippen LogP contribution in [0, 0.1) is 0 Å². The molecule has 4 heteroatoms. The quantitative estimate of drug-likeness (QED) is 0.717. The van der Waals surface area contributed by atoms with Crippen molar-refractivity contribution >= 4 is 27.3 Å². The Bertz CT molecular complexity index is 706. The molecule has 0 bridgehead atoms. The topological polar surface area (TPSA) is 20.5 Å². The lowest BCUT2D eigenvalue weighted by Crippen LogP contribution is -2.21. The van der Waals surface area contributed by atoms with E-state index in [0.717, 1.165) is 28.9 Å². The minimum atomic E-state index is 0.819. The molecule has 0 amide bonds. The Morgan fingerprint density at radius 2 is 1.90 bits per heavy atom. The zero-order chi connectivity index (χ0) is 13.9. The van der Waals surface area contributed by atoms with Crippen molar-refractivity contribution in [2.24, 2.45) is 0 Å². The van der Waals surface area contributed by atoms with Gasteiger partial charge in [0, 0.05) is 29.1 Å². The molecule has 0 atom stereocenters. The summed E-state index contributed by atoms with van der Waals surface area (Å²) in [6, 6.07) is 14.5. The van der Waals surface area contributed by atoms with Crippen LogP contribution in [-0.4, -0.2) is 15.9 Å².